The molecule has 2 atom stereocenters. The second-order valence-electron chi connectivity index (χ2n) is 5.49. The molecule has 1 aliphatic rings. The second-order valence-corrected chi connectivity index (χ2v) is 5.49. The van der Waals surface area contributed by atoms with Crippen molar-refractivity contribution in [1.29, 1.82) is 0 Å². The Bertz CT molecular complexity index is 774. The van der Waals surface area contributed by atoms with Crippen molar-refractivity contribution in [3.63, 3.8) is 0 Å². The Balaban J connectivity index is 1.75. The highest BCUT2D eigenvalue weighted by Gasteiger charge is 2.40. The predicted octanol–water partition coefficient (Wildman–Crippen LogP) is 1.94. The summed E-state index contributed by atoms with van der Waals surface area (Å²) in [7, 11) is 1.71. The standard InChI is InChI=1S/C15H15FN4O3/c1-20-7-9(6-17-20)18-14(21)11-4-8(2-3-12(11)16)10-5-13(10)19-15(22)23/h2-4,6-7,10,13,19H,5H2,1H3,(H,18,21)(H,22,23)/t10-,13+/m0/s1. The zero-order valence-electron chi connectivity index (χ0n) is 12.3. The molecule has 0 radical (unpaired) electrons. The largest absolute Gasteiger partial charge is 0.465 e. The molecule has 0 unspecified atom stereocenters. The van der Waals surface area contributed by atoms with E-state index in [9.17, 15) is 14.0 Å². The van der Waals surface area contributed by atoms with Gasteiger partial charge >= 0.3 is 6.09 Å². The third-order valence-corrected chi connectivity index (χ3v) is 3.73. The van der Waals surface area contributed by atoms with E-state index in [1.165, 1.54) is 23.0 Å². The van der Waals surface area contributed by atoms with Gasteiger partial charge in [-0.1, -0.05) is 6.07 Å². The van der Waals surface area contributed by atoms with Crippen molar-refractivity contribution >= 4 is 17.7 Å². The maximum atomic E-state index is 13.9. The van der Waals surface area contributed by atoms with Gasteiger partial charge in [0, 0.05) is 25.2 Å². The molecule has 1 aromatic carbocycles. The molecule has 1 saturated carbocycles. The molecule has 0 spiro atoms. The smallest absolute Gasteiger partial charge is 0.404 e. The predicted molar refractivity (Wildman–Crippen MR) is 79.9 cm³/mol. The molecule has 3 N–H and O–H groups in total. The first-order valence-electron chi connectivity index (χ1n) is 7.03. The SMILES string of the molecule is Cn1cc(NC(=O)c2cc([C@@H]3C[C@H]3NC(=O)O)ccc2F)cn1. The molecule has 0 aliphatic heterocycles. The van der Waals surface area contributed by atoms with Crippen molar-refractivity contribution in [2.45, 2.75) is 18.4 Å². The Morgan fingerprint density at radius 1 is 1.43 bits per heavy atom. The molecule has 0 saturated heterocycles. The van der Waals surface area contributed by atoms with Gasteiger partial charge in [0.25, 0.3) is 5.91 Å². The Morgan fingerprint density at radius 3 is 2.87 bits per heavy atom. The number of carbonyl (C=O) groups is 2. The van der Waals surface area contributed by atoms with E-state index in [-0.39, 0.29) is 17.5 Å². The zero-order valence-corrected chi connectivity index (χ0v) is 12.3. The summed E-state index contributed by atoms with van der Waals surface area (Å²) >= 11 is 0. The minimum absolute atomic E-state index is 0.0309. The average molecular weight is 318 g/mol. The van der Waals surface area contributed by atoms with Crippen LogP contribution in [0.5, 0.6) is 0 Å². The zero-order chi connectivity index (χ0) is 16.6. The highest BCUT2D eigenvalue weighted by atomic mass is 19.1. The summed E-state index contributed by atoms with van der Waals surface area (Å²) in [5, 5.41) is 17.6. The third kappa shape index (κ3) is 3.31. The number of benzene rings is 1. The molecule has 120 valence electrons. The lowest BCUT2D eigenvalue weighted by molar-refractivity contribution is 0.102. The highest BCUT2D eigenvalue weighted by Crippen LogP contribution is 2.41. The number of carboxylic acid groups (broad SMARTS) is 1. The van der Waals surface area contributed by atoms with Gasteiger partial charge in [0.2, 0.25) is 0 Å². The van der Waals surface area contributed by atoms with E-state index >= 15 is 0 Å². The molecule has 1 aromatic heterocycles. The number of aryl methyl sites for hydroxylation is 1. The molecular weight excluding hydrogens is 303 g/mol. The van der Waals surface area contributed by atoms with Crippen LogP contribution in [-0.4, -0.2) is 32.9 Å². The second kappa shape index (κ2) is 5.71. The summed E-state index contributed by atoms with van der Waals surface area (Å²) in [6.45, 7) is 0. The summed E-state index contributed by atoms with van der Waals surface area (Å²) in [5.74, 6) is -1.23. The third-order valence-electron chi connectivity index (χ3n) is 3.73. The minimum atomic E-state index is -1.09. The number of anilines is 1. The van der Waals surface area contributed by atoms with Crippen LogP contribution in [0.1, 0.15) is 28.3 Å². The van der Waals surface area contributed by atoms with E-state index in [0.29, 0.717) is 12.1 Å². The van der Waals surface area contributed by atoms with Gasteiger partial charge in [-0.05, 0) is 24.1 Å². The van der Waals surface area contributed by atoms with Gasteiger partial charge in [-0.15, -0.1) is 0 Å². The van der Waals surface area contributed by atoms with Crippen LogP contribution in [0.2, 0.25) is 0 Å². The highest BCUT2D eigenvalue weighted by molar-refractivity contribution is 6.04. The summed E-state index contributed by atoms with van der Waals surface area (Å²) in [4.78, 5) is 22.8. The van der Waals surface area contributed by atoms with Gasteiger partial charge in [0.05, 0.1) is 17.4 Å². The van der Waals surface area contributed by atoms with Crippen LogP contribution >= 0.6 is 0 Å². The maximum Gasteiger partial charge on any atom is 0.404 e. The van der Waals surface area contributed by atoms with Crippen molar-refractivity contribution in [2.75, 3.05) is 5.32 Å². The summed E-state index contributed by atoms with van der Waals surface area (Å²) in [6, 6.07) is 4.08. The lowest BCUT2D eigenvalue weighted by Gasteiger charge is -2.07. The molecule has 8 heteroatoms. The maximum absolute atomic E-state index is 13.9. The quantitative estimate of drug-likeness (QED) is 0.802. The number of carbonyl (C=O) groups excluding carboxylic acids is 1. The van der Waals surface area contributed by atoms with Gasteiger partial charge in [-0.25, -0.2) is 9.18 Å². The first-order chi connectivity index (χ1) is 10.9. The van der Waals surface area contributed by atoms with Gasteiger partial charge in [0.1, 0.15) is 5.82 Å². The molecule has 1 heterocycles. The molecule has 2 aromatic rings. The van der Waals surface area contributed by atoms with Gasteiger partial charge in [0.15, 0.2) is 0 Å². The van der Waals surface area contributed by atoms with E-state index < -0.39 is 17.8 Å². The van der Waals surface area contributed by atoms with Crippen LogP contribution in [0.3, 0.4) is 0 Å². The number of halogens is 1. The van der Waals surface area contributed by atoms with Gasteiger partial charge < -0.3 is 15.7 Å². The van der Waals surface area contributed by atoms with Crippen LogP contribution in [0.25, 0.3) is 0 Å². The Labute approximate surface area is 131 Å². The lowest BCUT2D eigenvalue weighted by Crippen LogP contribution is -2.24. The van der Waals surface area contributed by atoms with E-state index in [4.69, 9.17) is 5.11 Å². The van der Waals surface area contributed by atoms with E-state index in [1.807, 2.05) is 0 Å². The molecule has 2 amide bonds. The first kappa shape index (κ1) is 15.0. The number of aromatic nitrogens is 2. The minimum Gasteiger partial charge on any atom is -0.465 e. The molecule has 23 heavy (non-hydrogen) atoms. The molecule has 0 bridgehead atoms. The van der Waals surface area contributed by atoms with Crippen LogP contribution < -0.4 is 10.6 Å². The molecular formula is C15H15FN4O3. The number of amides is 2. The van der Waals surface area contributed by atoms with Crippen molar-refractivity contribution in [2.24, 2.45) is 7.05 Å². The van der Waals surface area contributed by atoms with E-state index in [2.05, 4.69) is 15.7 Å². The van der Waals surface area contributed by atoms with Gasteiger partial charge in [-0.3, -0.25) is 9.48 Å². The first-order valence-corrected chi connectivity index (χ1v) is 7.03. The number of hydrogen-bond donors (Lipinski definition) is 3. The van der Waals surface area contributed by atoms with Crippen molar-refractivity contribution < 1.29 is 19.1 Å². The summed E-state index contributed by atoms with van der Waals surface area (Å²) in [5.41, 5.74) is 1.13. The Morgan fingerprint density at radius 2 is 2.22 bits per heavy atom. The van der Waals surface area contributed by atoms with Crippen LogP contribution in [0.15, 0.2) is 30.6 Å². The molecule has 7 nitrogen and oxygen atoms in total. The van der Waals surface area contributed by atoms with E-state index in [0.717, 1.165) is 5.56 Å². The molecule has 1 fully saturated rings. The topological polar surface area (TPSA) is 96.2 Å². The number of nitrogens with zero attached hydrogens (tertiary/aromatic N) is 2. The van der Waals surface area contributed by atoms with Gasteiger partial charge in [-0.2, -0.15) is 5.10 Å². The fourth-order valence-corrected chi connectivity index (χ4v) is 2.51. The average Bonchev–Trinajstić information content (AvgIpc) is 3.11. The normalized spacial score (nSPS) is 19.2. The van der Waals surface area contributed by atoms with Crippen LogP contribution in [0.4, 0.5) is 14.9 Å². The number of rotatable bonds is 4. The van der Waals surface area contributed by atoms with Crippen LogP contribution in [-0.2, 0) is 7.05 Å². The lowest BCUT2D eigenvalue weighted by atomic mass is 10.1. The van der Waals surface area contributed by atoms with Crippen molar-refractivity contribution in [3.05, 3.63) is 47.5 Å². The summed E-state index contributed by atoms with van der Waals surface area (Å²) < 4.78 is 15.5. The fourth-order valence-electron chi connectivity index (χ4n) is 2.51. The van der Waals surface area contributed by atoms with Crippen molar-refractivity contribution in [3.8, 4) is 0 Å². The Hall–Kier alpha value is -2.90. The number of nitrogens with one attached hydrogen (secondary N) is 2. The van der Waals surface area contributed by atoms with Crippen LogP contribution in [0, 0.1) is 5.82 Å². The fraction of sp³-hybridized carbons (Fsp3) is 0.267. The monoisotopic (exact) mass is 318 g/mol. The number of hydrogen-bond acceptors (Lipinski definition) is 3. The summed E-state index contributed by atoms with van der Waals surface area (Å²) in [6.07, 6.45) is 2.62. The Kier molecular flexibility index (Phi) is 3.73. The molecule has 1 aliphatic carbocycles. The van der Waals surface area contributed by atoms with Crippen molar-refractivity contribution in [1.82, 2.24) is 15.1 Å². The van der Waals surface area contributed by atoms with E-state index in [1.54, 1.807) is 19.3 Å². The molecule has 3 rings (SSSR count).